The van der Waals surface area contributed by atoms with E-state index in [1.54, 1.807) is 6.08 Å². The van der Waals surface area contributed by atoms with Crippen LogP contribution < -0.4 is 0 Å². The molecule has 0 N–H and O–H groups in total. The molecule has 0 fully saturated rings. The number of hydrogen-bond donors (Lipinski definition) is 0. The van der Waals surface area contributed by atoms with Crippen LogP contribution in [0.25, 0.3) is 6.08 Å². The predicted octanol–water partition coefficient (Wildman–Crippen LogP) is 4.02. The molecule has 2 aromatic carbocycles. The van der Waals surface area contributed by atoms with Gasteiger partial charge in [-0.25, -0.2) is 0 Å². The van der Waals surface area contributed by atoms with Gasteiger partial charge in [-0.15, -0.1) is 0 Å². The third kappa shape index (κ3) is 3.93. The molecule has 2 rings (SSSR count). The van der Waals surface area contributed by atoms with Crippen LogP contribution in [0, 0.1) is 0 Å². The fraction of sp³-hybridized carbons (Fsp3) is 0. The van der Waals surface area contributed by atoms with Crippen LogP contribution >= 0.6 is 11.8 Å². The van der Waals surface area contributed by atoms with E-state index in [0.717, 1.165) is 10.5 Å². The second kappa shape index (κ2) is 6.06. The smallest absolute Gasteiger partial charge is 0.216 e. The van der Waals surface area contributed by atoms with Crippen LogP contribution in [0.1, 0.15) is 5.56 Å². The average Bonchev–Trinajstić information content (AvgIpc) is 2.39. The van der Waals surface area contributed by atoms with E-state index in [-0.39, 0.29) is 5.12 Å². The van der Waals surface area contributed by atoms with Crippen molar-refractivity contribution in [3.63, 3.8) is 0 Å². The molecule has 0 spiro atoms. The van der Waals surface area contributed by atoms with Gasteiger partial charge in [0.05, 0.1) is 0 Å². The Balaban J connectivity index is 1.96. The van der Waals surface area contributed by atoms with Crippen molar-refractivity contribution >= 4 is 23.0 Å². The minimum atomic E-state index is 0.0417. The van der Waals surface area contributed by atoms with Gasteiger partial charge in [-0.2, -0.15) is 0 Å². The topological polar surface area (TPSA) is 17.1 Å². The summed E-state index contributed by atoms with van der Waals surface area (Å²) in [5.74, 6) is 0. The summed E-state index contributed by atoms with van der Waals surface area (Å²) in [6, 6.07) is 19.5. The number of benzene rings is 2. The van der Waals surface area contributed by atoms with E-state index >= 15 is 0 Å². The molecular weight excluding hydrogens is 228 g/mol. The third-order valence-electron chi connectivity index (χ3n) is 2.17. The highest BCUT2D eigenvalue weighted by atomic mass is 32.2. The summed E-state index contributed by atoms with van der Waals surface area (Å²) in [6.07, 6.45) is 3.44. The van der Waals surface area contributed by atoms with Gasteiger partial charge in [0.2, 0.25) is 5.12 Å². The summed E-state index contributed by atoms with van der Waals surface area (Å²) in [7, 11) is 0. The molecule has 0 aliphatic rings. The minimum Gasteiger partial charge on any atom is -0.282 e. The molecule has 17 heavy (non-hydrogen) atoms. The number of rotatable bonds is 3. The van der Waals surface area contributed by atoms with Crippen molar-refractivity contribution in [2.75, 3.05) is 0 Å². The normalized spacial score (nSPS) is 10.6. The first-order chi connectivity index (χ1) is 8.34. The maximum absolute atomic E-state index is 11.7. The summed E-state index contributed by atoms with van der Waals surface area (Å²) in [4.78, 5) is 12.6. The lowest BCUT2D eigenvalue weighted by Crippen LogP contribution is -1.84. The van der Waals surface area contributed by atoms with Gasteiger partial charge in [-0.3, -0.25) is 4.79 Å². The van der Waals surface area contributed by atoms with Crippen molar-refractivity contribution in [3.8, 4) is 0 Å². The highest BCUT2D eigenvalue weighted by Gasteiger charge is 1.99. The van der Waals surface area contributed by atoms with Crippen LogP contribution in [-0.4, -0.2) is 5.12 Å². The summed E-state index contributed by atoms with van der Waals surface area (Å²) >= 11 is 1.24. The SMILES string of the molecule is O=C(C=Cc1ccccc1)Sc1ccccc1. The maximum Gasteiger partial charge on any atom is 0.216 e. The van der Waals surface area contributed by atoms with E-state index in [9.17, 15) is 4.79 Å². The van der Waals surface area contributed by atoms with E-state index in [2.05, 4.69) is 0 Å². The van der Waals surface area contributed by atoms with Crippen LogP contribution in [0.5, 0.6) is 0 Å². The Bertz CT molecular complexity index is 503. The molecule has 0 atom stereocenters. The Morgan fingerprint density at radius 3 is 2.12 bits per heavy atom. The van der Waals surface area contributed by atoms with Crippen LogP contribution in [0.4, 0.5) is 0 Å². The molecule has 0 radical (unpaired) electrons. The van der Waals surface area contributed by atoms with E-state index in [1.165, 1.54) is 11.8 Å². The Kier molecular flexibility index (Phi) is 4.17. The van der Waals surface area contributed by atoms with Gasteiger partial charge < -0.3 is 0 Å². The first-order valence-corrected chi connectivity index (χ1v) is 6.16. The first-order valence-electron chi connectivity index (χ1n) is 5.34. The lowest BCUT2D eigenvalue weighted by Gasteiger charge is -1.95. The lowest BCUT2D eigenvalue weighted by atomic mass is 10.2. The fourth-order valence-electron chi connectivity index (χ4n) is 1.37. The van der Waals surface area contributed by atoms with Crippen molar-refractivity contribution in [2.45, 2.75) is 4.90 Å². The molecule has 0 aliphatic carbocycles. The molecule has 0 saturated carbocycles. The van der Waals surface area contributed by atoms with Crippen molar-refractivity contribution in [2.24, 2.45) is 0 Å². The van der Waals surface area contributed by atoms with Crippen LogP contribution in [-0.2, 0) is 4.79 Å². The van der Waals surface area contributed by atoms with Gasteiger partial charge in [0.15, 0.2) is 0 Å². The standard InChI is InChI=1S/C15H12OS/c16-15(17-14-9-5-2-6-10-14)12-11-13-7-3-1-4-8-13/h1-12H. The number of carbonyl (C=O) groups excluding carboxylic acids is 1. The predicted molar refractivity (Wildman–Crippen MR) is 72.8 cm³/mol. The van der Waals surface area contributed by atoms with Gasteiger partial charge in [0.1, 0.15) is 0 Å². The molecule has 2 heteroatoms. The molecular formula is C15H12OS. The van der Waals surface area contributed by atoms with Crippen LogP contribution in [0.2, 0.25) is 0 Å². The Hall–Kier alpha value is -1.80. The summed E-state index contributed by atoms with van der Waals surface area (Å²) in [5.41, 5.74) is 1.04. The van der Waals surface area contributed by atoms with E-state index in [1.807, 2.05) is 66.7 Å². The van der Waals surface area contributed by atoms with E-state index < -0.39 is 0 Å². The summed E-state index contributed by atoms with van der Waals surface area (Å²) < 4.78 is 0. The minimum absolute atomic E-state index is 0.0417. The van der Waals surface area contributed by atoms with Gasteiger partial charge in [0, 0.05) is 4.90 Å². The Labute approximate surface area is 105 Å². The van der Waals surface area contributed by atoms with Crippen LogP contribution in [0.3, 0.4) is 0 Å². The number of hydrogen-bond acceptors (Lipinski definition) is 2. The van der Waals surface area contributed by atoms with Crippen LogP contribution in [0.15, 0.2) is 71.6 Å². The zero-order valence-corrected chi connectivity index (χ0v) is 10.1. The number of carbonyl (C=O) groups is 1. The molecule has 0 heterocycles. The van der Waals surface area contributed by atoms with Gasteiger partial charge in [0.25, 0.3) is 0 Å². The van der Waals surface area contributed by atoms with Gasteiger partial charge >= 0.3 is 0 Å². The summed E-state index contributed by atoms with van der Waals surface area (Å²) in [6.45, 7) is 0. The zero-order valence-electron chi connectivity index (χ0n) is 9.24. The highest BCUT2D eigenvalue weighted by Crippen LogP contribution is 2.18. The second-order valence-electron chi connectivity index (χ2n) is 3.48. The maximum atomic E-state index is 11.7. The van der Waals surface area contributed by atoms with Crippen molar-refractivity contribution < 1.29 is 4.79 Å². The van der Waals surface area contributed by atoms with E-state index in [0.29, 0.717) is 0 Å². The molecule has 84 valence electrons. The second-order valence-corrected chi connectivity index (χ2v) is 4.56. The average molecular weight is 240 g/mol. The summed E-state index contributed by atoms with van der Waals surface area (Å²) in [5, 5.41) is 0.0417. The largest absolute Gasteiger partial charge is 0.282 e. The molecule has 2 aromatic rings. The molecule has 1 nitrogen and oxygen atoms in total. The molecule has 0 amide bonds. The fourth-order valence-corrected chi connectivity index (χ4v) is 2.03. The van der Waals surface area contributed by atoms with Crippen molar-refractivity contribution in [3.05, 3.63) is 72.3 Å². The molecule has 0 unspecified atom stereocenters. The van der Waals surface area contributed by atoms with E-state index in [4.69, 9.17) is 0 Å². The third-order valence-corrected chi connectivity index (χ3v) is 3.02. The van der Waals surface area contributed by atoms with Gasteiger partial charge in [-0.05, 0) is 35.5 Å². The van der Waals surface area contributed by atoms with Crippen molar-refractivity contribution in [1.82, 2.24) is 0 Å². The molecule has 0 bridgehead atoms. The number of thioether (sulfide) groups is 1. The quantitative estimate of drug-likeness (QED) is 0.595. The Morgan fingerprint density at radius 1 is 0.882 bits per heavy atom. The zero-order chi connectivity index (χ0) is 11.9. The first kappa shape index (κ1) is 11.7. The van der Waals surface area contributed by atoms with Gasteiger partial charge in [-0.1, -0.05) is 54.6 Å². The molecule has 0 aliphatic heterocycles. The van der Waals surface area contributed by atoms with Crippen molar-refractivity contribution in [1.29, 1.82) is 0 Å². The Morgan fingerprint density at radius 2 is 1.47 bits per heavy atom. The molecule has 0 saturated heterocycles. The molecule has 0 aromatic heterocycles. The monoisotopic (exact) mass is 240 g/mol. The highest BCUT2D eigenvalue weighted by molar-refractivity contribution is 8.14. The lowest BCUT2D eigenvalue weighted by molar-refractivity contribution is -0.106.